The van der Waals surface area contributed by atoms with Crippen LogP contribution in [0.2, 0.25) is 0 Å². The average Bonchev–Trinajstić information content (AvgIpc) is 2.47. The van der Waals surface area contributed by atoms with Crippen LogP contribution in [0.1, 0.15) is 70.5 Å². The zero-order valence-corrected chi connectivity index (χ0v) is 14.0. The number of nitrogens with one attached hydrogen (secondary N) is 1. The second kappa shape index (κ2) is 6.93. The predicted molar refractivity (Wildman–Crippen MR) is 89.5 cm³/mol. The van der Waals surface area contributed by atoms with E-state index in [1.807, 2.05) is 0 Å². The standard InChI is InChI=1S/C19H31NO/c1-14(20-18-8-6-5-7-16(18)13-21)15-9-11-17(12-10-15)19(2,3)4/h9-12,14,16,18,20-21H,5-8,13H2,1-4H3. The summed E-state index contributed by atoms with van der Waals surface area (Å²) >= 11 is 0. The van der Waals surface area contributed by atoms with Crippen LogP contribution >= 0.6 is 0 Å². The van der Waals surface area contributed by atoms with E-state index in [2.05, 4.69) is 57.3 Å². The smallest absolute Gasteiger partial charge is 0.0474 e. The third kappa shape index (κ3) is 4.31. The summed E-state index contributed by atoms with van der Waals surface area (Å²) in [4.78, 5) is 0. The number of aliphatic hydroxyl groups excluding tert-OH is 1. The molecule has 0 aromatic heterocycles. The van der Waals surface area contributed by atoms with Crippen LogP contribution in [0.3, 0.4) is 0 Å². The lowest BCUT2D eigenvalue weighted by molar-refractivity contribution is 0.147. The van der Waals surface area contributed by atoms with Crippen molar-refractivity contribution in [3.8, 4) is 0 Å². The highest BCUT2D eigenvalue weighted by Crippen LogP contribution is 2.28. The van der Waals surface area contributed by atoms with E-state index >= 15 is 0 Å². The van der Waals surface area contributed by atoms with Crippen LogP contribution in [0.5, 0.6) is 0 Å². The van der Waals surface area contributed by atoms with Gasteiger partial charge in [0.05, 0.1) is 0 Å². The topological polar surface area (TPSA) is 32.3 Å². The Labute approximate surface area is 130 Å². The van der Waals surface area contributed by atoms with E-state index in [9.17, 15) is 5.11 Å². The number of aliphatic hydroxyl groups is 1. The molecule has 2 heteroatoms. The number of benzene rings is 1. The summed E-state index contributed by atoms with van der Waals surface area (Å²) in [5, 5.41) is 13.3. The number of hydrogen-bond donors (Lipinski definition) is 2. The van der Waals surface area contributed by atoms with Crippen LogP contribution in [0.25, 0.3) is 0 Å². The number of hydrogen-bond acceptors (Lipinski definition) is 2. The SMILES string of the molecule is CC(NC1CCCCC1CO)c1ccc(C(C)(C)C)cc1. The Morgan fingerprint density at radius 3 is 2.33 bits per heavy atom. The largest absolute Gasteiger partial charge is 0.396 e. The third-order valence-corrected chi connectivity index (χ3v) is 4.88. The van der Waals surface area contributed by atoms with Crippen molar-refractivity contribution in [2.24, 2.45) is 5.92 Å². The zero-order valence-electron chi connectivity index (χ0n) is 14.0. The molecule has 3 unspecified atom stereocenters. The number of rotatable bonds is 4. The van der Waals surface area contributed by atoms with Gasteiger partial charge in [0.1, 0.15) is 0 Å². The van der Waals surface area contributed by atoms with Gasteiger partial charge in [-0.1, -0.05) is 57.9 Å². The van der Waals surface area contributed by atoms with Gasteiger partial charge in [-0.3, -0.25) is 0 Å². The molecule has 1 aliphatic rings. The fourth-order valence-corrected chi connectivity index (χ4v) is 3.33. The van der Waals surface area contributed by atoms with Crippen LogP contribution in [0, 0.1) is 5.92 Å². The van der Waals surface area contributed by atoms with Gasteiger partial charge in [0.25, 0.3) is 0 Å². The van der Waals surface area contributed by atoms with E-state index in [1.165, 1.54) is 30.4 Å². The van der Waals surface area contributed by atoms with Crippen molar-refractivity contribution in [1.82, 2.24) is 5.32 Å². The molecular weight excluding hydrogens is 258 g/mol. The Bertz CT molecular complexity index is 432. The van der Waals surface area contributed by atoms with Gasteiger partial charge < -0.3 is 10.4 Å². The van der Waals surface area contributed by atoms with E-state index in [4.69, 9.17) is 0 Å². The van der Waals surface area contributed by atoms with Gasteiger partial charge in [-0.15, -0.1) is 0 Å². The third-order valence-electron chi connectivity index (χ3n) is 4.88. The highest BCUT2D eigenvalue weighted by atomic mass is 16.3. The first kappa shape index (κ1) is 16.5. The normalized spacial score (nSPS) is 24.8. The van der Waals surface area contributed by atoms with Crippen LogP contribution < -0.4 is 5.32 Å². The van der Waals surface area contributed by atoms with Gasteiger partial charge in [0, 0.05) is 18.7 Å². The summed E-state index contributed by atoms with van der Waals surface area (Å²) in [7, 11) is 0. The first-order chi connectivity index (χ1) is 9.91. The molecule has 21 heavy (non-hydrogen) atoms. The Morgan fingerprint density at radius 1 is 1.14 bits per heavy atom. The van der Waals surface area contributed by atoms with Crippen molar-refractivity contribution < 1.29 is 5.11 Å². The first-order valence-corrected chi connectivity index (χ1v) is 8.39. The van der Waals surface area contributed by atoms with E-state index in [0.29, 0.717) is 24.6 Å². The molecule has 0 radical (unpaired) electrons. The Balaban J connectivity index is 2.01. The molecular formula is C19H31NO. The molecule has 0 bridgehead atoms. The zero-order chi connectivity index (χ0) is 15.5. The Hall–Kier alpha value is -0.860. The molecule has 1 fully saturated rings. The molecule has 1 aromatic rings. The highest BCUT2D eigenvalue weighted by Gasteiger charge is 2.25. The monoisotopic (exact) mass is 289 g/mol. The molecule has 0 saturated heterocycles. The van der Waals surface area contributed by atoms with Crippen molar-refractivity contribution in [2.45, 2.75) is 70.9 Å². The van der Waals surface area contributed by atoms with E-state index in [0.717, 1.165) is 6.42 Å². The molecule has 0 aliphatic heterocycles. The van der Waals surface area contributed by atoms with Gasteiger partial charge in [0.2, 0.25) is 0 Å². The van der Waals surface area contributed by atoms with Crippen LogP contribution in [0.4, 0.5) is 0 Å². The molecule has 1 aromatic carbocycles. The summed E-state index contributed by atoms with van der Waals surface area (Å²) in [5.74, 6) is 0.426. The highest BCUT2D eigenvalue weighted by molar-refractivity contribution is 5.29. The van der Waals surface area contributed by atoms with E-state index in [-0.39, 0.29) is 5.41 Å². The summed E-state index contributed by atoms with van der Waals surface area (Å²) in [6.45, 7) is 9.29. The Morgan fingerprint density at radius 2 is 1.76 bits per heavy atom. The minimum atomic E-state index is 0.209. The summed E-state index contributed by atoms with van der Waals surface area (Å²) < 4.78 is 0. The van der Waals surface area contributed by atoms with Gasteiger partial charge >= 0.3 is 0 Å². The van der Waals surface area contributed by atoms with E-state index < -0.39 is 0 Å². The van der Waals surface area contributed by atoms with Gasteiger partial charge in [-0.25, -0.2) is 0 Å². The van der Waals surface area contributed by atoms with Crippen molar-refractivity contribution in [3.63, 3.8) is 0 Å². The maximum Gasteiger partial charge on any atom is 0.0474 e. The fraction of sp³-hybridized carbons (Fsp3) is 0.684. The van der Waals surface area contributed by atoms with Crippen LogP contribution in [-0.2, 0) is 5.41 Å². The maximum atomic E-state index is 9.53. The Kier molecular flexibility index (Phi) is 5.45. The summed E-state index contributed by atoms with van der Waals surface area (Å²) in [5.41, 5.74) is 2.93. The molecule has 3 atom stereocenters. The van der Waals surface area contributed by atoms with Crippen LogP contribution in [-0.4, -0.2) is 17.8 Å². The lowest BCUT2D eigenvalue weighted by atomic mass is 9.84. The van der Waals surface area contributed by atoms with Crippen molar-refractivity contribution in [1.29, 1.82) is 0 Å². The van der Waals surface area contributed by atoms with Gasteiger partial charge in [-0.05, 0) is 42.2 Å². The van der Waals surface area contributed by atoms with Gasteiger partial charge in [0.15, 0.2) is 0 Å². The van der Waals surface area contributed by atoms with Gasteiger partial charge in [-0.2, -0.15) is 0 Å². The molecule has 118 valence electrons. The lowest BCUT2D eigenvalue weighted by Crippen LogP contribution is -2.41. The maximum absolute atomic E-state index is 9.53. The van der Waals surface area contributed by atoms with Crippen molar-refractivity contribution >= 4 is 0 Å². The molecule has 2 N–H and O–H groups in total. The molecule has 0 heterocycles. The van der Waals surface area contributed by atoms with Crippen molar-refractivity contribution in [2.75, 3.05) is 6.61 Å². The average molecular weight is 289 g/mol. The van der Waals surface area contributed by atoms with Crippen molar-refractivity contribution in [3.05, 3.63) is 35.4 Å². The molecule has 2 rings (SSSR count). The molecule has 1 saturated carbocycles. The lowest BCUT2D eigenvalue weighted by Gasteiger charge is -2.33. The first-order valence-electron chi connectivity index (χ1n) is 8.39. The quantitative estimate of drug-likeness (QED) is 0.871. The fourth-order valence-electron chi connectivity index (χ4n) is 3.33. The minimum Gasteiger partial charge on any atom is -0.396 e. The molecule has 1 aliphatic carbocycles. The molecule has 2 nitrogen and oxygen atoms in total. The van der Waals surface area contributed by atoms with E-state index in [1.54, 1.807) is 0 Å². The predicted octanol–water partition coefficient (Wildman–Crippen LogP) is 4.19. The molecule has 0 spiro atoms. The second-order valence-corrected chi connectivity index (χ2v) is 7.59. The summed E-state index contributed by atoms with van der Waals surface area (Å²) in [6.07, 6.45) is 4.89. The van der Waals surface area contributed by atoms with Crippen LogP contribution in [0.15, 0.2) is 24.3 Å². The second-order valence-electron chi connectivity index (χ2n) is 7.59. The summed E-state index contributed by atoms with van der Waals surface area (Å²) in [6, 6.07) is 9.79. The minimum absolute atomic E-state index is 0.209. The molecule has 0 amide bonds.